The third kappa shape index (κ3) is 3.15. The van der Waals surface area contributed by atoms with E-state index in [9.17, 15) is 19.2 Å². The van der Waals surface area contributed by atoms with Crippen LogP contribution in [0.4, 0.5) is 17.1 Å². The molecule has 0 unspecified atom stereocenters. The molecule has 208 valence electrons. The second-order valence-electron chi connectivity index (χ2n) is 11.6. The van der Waals surface area contributed by atoms with Gasteiger partial charge in [-0.05, 0) is 42.5 Å². The predicted octanol–water partition coefficient (Wildman–Crippen LogP) is 3.77. The summed E-state index contributed by atoms with van der Waals surface area (Å²) in [5.74, 6) is -2.94. The number of nitrogens with one attached hydrogen (secondary N) is 1. The van der Waals surface area contributed by atoms with Crippen LogP contribution < -0.4 is 20.0 Å². The maximum atomic E-state index is 14.6. The van der Waals surface area contributed by atoms with Crippen molar-refractivity contribution >= 4 is 51.5 Å². The molecule has 4 amide bonds. The molecule has 0 aliphatic carbocycles. The standard InChI is InChI=1S/C34H28N4O4/c1-20-29-30(32(41)38(31(29)40)26-16-8-11-21-9-2-4-12-23(21)26)34(35-20)24-13-5-7-15-27(24)37(33(34)42)19-28(39)36-18-17-22-10-3-6-14-25(22)36/h2-16,20,29-30,35H,17-19H2,1H3/t20-,29+,30+,34+/m1/s1. The lowest BCUT2D eigenvalue weighted by Crippen LogP contribution is -2.56. The topological polar surface area (TPSA) is 90.0 Å². The zero-order chi connectivity index (χ0) is 28.7. The summed E-state index contributed by atoms with van der Waals surface area (Å²) in [5, 5.41) is 5.13. The summed E-state index contributed by atoms with van der Waals surface area (Å²) >= 11 is 0. The zero-order valence-corrected chi connectivity index (χ0v) is 23.0. The van der Waals surface area contributed by atoms with Gasteiger partial charge >= 0.3 is 0 Å². The molecule has 8 rings (SSSR count). The van der Waals surface area contributed by atoms with Gasteiger partial charge in [0.2, 0.25) is 17.7 Å². The average Bonchev–Trinajstić information content (AvgIpc) is 3.71. The third-order valence-corrected chi connectivity index (χ3v) is 9.50. The Balaban J connectivity index is 1.20. The van der Waals surface area contributed by atoms with Crippen LogP contribution in [0.3, 0.4) is 0 Å². The molecular weight excluding hydrogens is 528 g/mol. The lowest BCUT2D eigenvalue weighted by Gasteiger charge is -2.30. The van der Waals surface area contributed by atoms with Gasteiger partial charge < -0.3 is 9.80 Å². The van der Waals surface area contributed by atoms with E-state index >= 15 is 0 Å². The Bertz CT molecular complexity index is 1850. The van der Waals surface area contributed by atoms with E-state index in [1.807, 2.05) is 91.9 Å². The molecule has 4 heterocycles. The van der Waals surface area contributed by atoms with Crippen molar-refractivity contribution in [2.24, 2.45) is 11.8 Å². The quantitative estimate of drug-likeness (QED) is 0.388. The highest BCUT2D eigenvalue weighted by atomic mass is 16.2. The third-order valence-electron chi connectivity index (χ3n) is 9.50. The van der Waals surface area contributed by atoms with Gasteiger partial charge in [0.15, 0.2) is 0 Å². The van der Waals surface area contributed by atoms with Gasteiger partial charge in [0, 0.05) is 34.9 Å². The highest BCUT2D eigenvalue weighted by Gasteiger charge is 2.71. The second-order valence-corrected chi connectivity index (χ2v) is 11.6. The van der Waals surface area contributed by atoms with Crippen molar-refractivity contribution in [1.82, 2.24) is 5.32 Å². The normalized spacial score (nSPS) is 26.0. The first-order chi connectivity index (χ1) is 20.4. The number of nitrogens with zero attached hydrogens (tertiary/aromatic N) is 3. The number of rotatable bonds is 3. The summed E-state index contributed by atoms with van der Waals surface area (Å²) in [4.78, 5) is 61.2. The van der Waals surface area contributed by atoms with Gasteiger partial charge in [-0.15, -0.1) is 0 Å². The molecule has 0 bridgehead atoms. The van der Waals surface area contributed by atoms with Crippen LogP contribution in [0.5, 0.6) is 0 Å². The highest BCUT2D eigenvalue weighted by molar-refractivity contribution is 6.28. The number of benzene rings is 4. The molecule has 8 nitrogen and oxygen atoms in total. The van der Waals surface area contributed by atoms with E-state index < -0.39 is 29.3 Å². The van der Waals surface area contributed by atoms with E-state index in [-0.39, 0.29) is 24.3 Å². The SMILES string of the molecule is C[C@H]1N[C@]2(C(=O)N(CC(=O)N3CCc4ccccc43)c3ccccc32)[C@@H]2C(=O)N(c3cccc4ccccc34)C(=O)[C@H]21. The zero-order valence-electron chi connectivity index (χ0n) is 23.0. The Morgan fingerprint density at radius 3 is 2.38 bits per heavy atom. The molecular formula is C34H28N4O4. The van der Waals surface area contributed by atoms with Crippen LogP contribution in [0.1, 0.15) is 18.1 Å². The van der Waals surface area contributed by atoms with Crippen LogP contribution >= 0.6 is 0 Å². The van der Waals surface area contributed by atoms with Gasteiger partial charge in [-0.3, -0.25) is 24.5 Å². The van der Waals surface area contributed by atoms with Gasteiger partial charge in [0.05, 0.1) is 17.5 Å². The van der Waals surface area contributed by atoms with E-state index in [1.54, 1.807) is 11.0 Å². The molecule has 2 saturated heterocycles. The first-order valence-corrected chi connectivity index (χ1v) is 14.3. The number of hydrogen-bond donors (Lipinski definition) is 1. The van der Waals surface area contributed by atoms with Crippen LogP contribution in [-0.4, -0.2) is 42.8 Å². The van der Waals surface area contributed by atoms with E-state index in [2.05, 4.69) is 5.32 Å². The van der Waals surface area contributed by atoms with Crippen molar-refractivity contribution < 1.29 is 19.2 Å². The molecule has 1 N–H and O–H groups in total. The highest BCUT2D eigenvalue weighted by Crippen LogP contribution is 2.55. The number of imide groups is 1. The van der Waals surface area contributed by atoms with E-state index in [0.717, 1.165) is 28.4 Å². The summed E-state index contributed by atoms with van der Waals surface area (Å²) in [5.41, 5.74) is 2.27. The van der Waals surface area contributed by atoms with Crippen molar-refractivity contribution in [2.75, 3.05) is 27.8 Å². The van der Waals surface area contributed by atoms with Gasteiger partial charge in [0.25, 0.3) is 5.91 Å². The van der Waals surface area contributed by atoms with Crippen molar-refractivity contribution in [3.8, 4) is 0 Å². The van der Waals surface area contributed by atoms with E-state index in [0.29, 0.717) is 23.5 Å². The molecule has 8 heteroatoms. The molecule has 0 saturated carbocycles. The van der Waals surface area contributed by atoms with Crippen molar-refractivity contribution in [1.29, 1.82) is 0 Å². The van der Waals surface area contributed by atoms with Crippen LogP contribution in [-0.2, 0) is 31.1 Å². The smallest absolute Gasteiger partial charge is 0.253 e. The first kappa shape index (κ1) is 24.9. The lowest BCUT2D eigenvalue weighted by molar-refractivity contribution is -0.132. The van der Waals surface area contributed by atoms with Crippen molar-refractivity contribution in [2.45, 2.75) is 24.9 Å². The van der Waals surface area contributed by atoms with E-state index in [4.69, 9.17) is 0 Å². The lowest BCUT2D eigenvalue weighted by atomic mass is 9.76. The average molecular weight is 557 g/mol. The van der Waals surface area contributed by atoms with Gasteiger partial charge in [-0.2, -0.15) is 0 Å². The number of amides is 4. The fraction of sp³-hybridized carbons (Fsp3) is 0.235. The van der Waals surface area contributed by atoms with Gasteiger partial charge in [-0.1, -0.05) is 72.8 Å². The van der Waals surface area contributed by atoms with Gasteiger partial charge in [-0.25, -0.2) is 4.90 Å². The Hall–Kier alpha value is -4.82. The maximum Gasteiger partial charge on any atom is 0.253 e. The fourth-order valence-corrected chi connectivity index (χ4v) is 7.72. The number of carbonyl (C=O) groups excluding carboxylic acids is 4. The first-order valence-electron chi connectivity index (χ1n) is 14.3. The van der Waals surface area contributed by atoms with Crippen LogP contribution in [0.25, 0.3) is 10.8 Å². The number of carbonyl (C=O) groups is 4. The molecule has 4 aromatic rings. The molecule has 0 aromatic heterocycles. The van der Waals surface area contributed by atoms with Crippen molar-refractivity contribution in [3.05, 3.63) is 102 Å². The summed E-state index contributed by atoms with van der Waals surface area (Å²) in [7, 11) is 0. The Morgan fingerprint density at radius 2 is 1.52 bits per heavy atom. The summed E-state index contributed by atoms with van der Waals surface area (Å²) < 4.78 is 0. The summed E-state index contributed by atoms with van der Waals surface area (Å²) in [6.45, 7) is 2.25. The van der Waals surface area contributed by atoms with E-state index in [1.165, 1.54) is 9.80 Å². The summed E-state index contributed by atoms with van der Waals surface area (Å²) in [6, 6.07) is 27.9. The Kier molecular flexibility index (Phi) is 5.25. The van der Waals surface area contributed by atoms with Crippen LogP contribution in [0, 0.1) is 11.8 Å². The minimum atomic E-state index is -1.45. The Morgan fingerprint density at radius 1 is 0.833 bits per heavy atom. The van der Waals surface area contributed by atoms with Crippen LogP contribution in [0.15, 0.2) is 91.0 Å². The molecule has 4 atom stereocenters. The van der Waals surface area contributed by atoms with Crippen LogP contribution in [0.2, 0.25) is 0 Å². The minimum Gasteiger partial charge on any atom is -0.310 e. The number of para-hydroxylation sites is 2. The largest absolute Gasteiger partial charge is 0.310 e. The monoisotopic (exact) mass is 556 g/mol. The molecule has 0 radical (unpaired) electrons. The van der Waals surface area contributed by atoms with Gasteiger partial charge in [0.1, 0.15) is 12.1 Å². The number of fused-ring (bicyclic) bond motifs is 6. The minimum absolute atomic E-state index is 0.158. The number of hydrogen-bond acceptors (Lipinski definition) is 5. The summed E-state index contributed by atoms with van der Waals surface area (Å²) in [6.07, 6.45) is 0.764. The molecule has 2 fully saturated rings. The predicted molar refractivity (Wildman–Crippen MR) is 159 cm³/mol. The fourth-order valence-electron chi connectivity index (χ4n) is 7.72. The maximum absolute atomic E-state index is 14.6. The second kappa shape index (κ2) is 8.84. The molecule has 42 heavy (non-hydrogen) atoms. The van der Waals surface area contributed by atoms with Crippen molar-refractivity contribution in [3.63, 3.8) is 0 Å². The number of anilines is 3. The molecule has 1 spiro atoms. The molecule has 4 aromatic carbocycles. The molecule has 4 aliphatic rings. The molecule has 4 aliphatic heterocycles. The Labute approximate surface area is 242 Å².